The van der Waals surface area contributed by atoms with E-state index in [1.165, 1.54) is 0 Å². The lowest BCUT2D eigenvalue weighted by Gasteiger charge is -2.19. The quantitative estimate of drug-likeness (QED) is 0.662. The van der Waals surface area contributed by atoms with E-state index >= 15 is 0 Å². The van der Waals surface area contributed by atoms with E-state index in [4.69, 9.17) is 4.98 Å². The van der Waals surface area contributed by atoms with Crippen LogP contribution < -0.4 is 5.32 Å². The van der Waals surface area contributed by atoms with Crippen LogP contribution in [-0.4, -0.2) is 51.8 Å². The van der Waals surface area contributed by atoms with Crippen LogP contribution in [0.1, 0.15) is 30.2 Å². The molecule has 2 fully saturated rings. The van der Waals surface area contributed by atoms with E-state index in [1.54, 1.807) is 6.20 Å². The van der Waals surface area contributed by atoms with E-state index in [1.807, 2.05) is 46.0 Å². The zero-order valence-electron chi connectivity index (χ0n) is 17.1. The van der Waals surface area contributed by atoms with Crippen LogP contribution in [0.2, 0.25) is 0 Å². The van der Waals surface area contributed by atoms with Crippen LogP contribution in [-0.2, 0) is 0 Å². The van der Waals surface area contributed by atoms with Gasteiger partial charge in [-0.2, -0.15) is 5.10 Å². The number of hydrogen-bond donors (Lipinski definition) is 1. The van der Waals surface area contributed by atoms with E-state index in [-0.39, 0.29) is 36.8 Å². The van der Waals surface area contributed by atoms with Gasteiger partial charge in [0.25, 0.3) is 5.91 Å². The number of carbonyl (C=O) groups is 1. The molecule has 3 aromatic rings. The molecule has 0 aliphatic carbocycles. The Bertz CT molecular complexity index is 1020. The smallest absolute Gasteiger partial charge is 0.254 e. The van der Waals surface area contributed by atoms with Gasteiger partial charge in [0.15, 0.2) is 5.65 Å². The highest BCUT2D eigenvalue weighted by atomic mass is 35.5. The maximum atomic E-state index is 13.5. The number of nitrogens with one attached hydrogen (secondary N) is 1. The molecule has 2 aromatic heterocycles. The molecule has 1 aromatic carbocycles. The van der Waals surface area contributed by atoms with Gasteiger partial charge < -0.3 is 10.2 Å². The topological polar surface area (TPSA) is 63.1 Å². The molecule has 2 saturated heterocycles. The van der Waals surface area contributed by atoms with Gasteiger partial charge in [0.1, 0.15) is 0 Å². The SMILES string of the molecule is CC(C)n1ncc2c(C(=O)N3C[C@H]4CNC[C@H]4C3)cc(-c3ccccc3)nc21.Cl.Cl. The zero-order chi connectivity index (χ0) is 19.3. The number of aromatic nitrogens is 3. The molecular weight excluding hydrogens is 421 g/mol. The third kappa shape index (κ3) is 3.80. The van der Waals surface area contributed by atoms with E-state index in [2.05, 4.69) is 24.3 Å². The fourth-order valence-corrected chi connectivity index (χ4v) is 4.52. The first-order valence-electron chi connectivity index (χ1n) is 10.1. The standard InChI is InChI=1S/C22H25N5O.2ClH/c1-14(2)27-21-19(11-24-27)18(8-20(25-21)15-6-4-3-5-7-15)22(28)26-12-16-9-23-10-17(16)13-26;;/h3-8,11,14,16-17,23H,9-10,12-13H2,1-2H3;2*1H/t16-,17+;;. The predicted octanol–water partition coefficient (Wildman–Crippen LogP) is 3.81. The third-order valence-electron chi connectivity index (χ3n) is 6.03. The molecule has 2 aliphatic heterocycles. The zero-order valence-corrected chi connectivity index (χ0v) is 18.7. The van der Waals surface area contributed by atoms with Gasteiger partial charge in [-0.05, 0) is 31.7 Å². The molecule has 160 valence electrons. The highest BCUT2D eigenvalue weighted by Gasteiger charge is 2.38. The number of carbonyl (C=O) groups excluding carboxylic acids is 1. The van der Waals surface area contributed by atoms with E-state index in [0.29, 0.717) is 17.4 Å². The molecular formula is C22H27Cl2N5O. The molecule has 4 heterocycles. The molecule has 0 saturated carbocycles. The van der Waals surface area contributed by atoms with E-state index in [0.717, 1.165) is 48.5 Å². The number of rotatable bonds is 3. The minimum atomic E-state index is 0. The minimum absolute atomic E-state index is 0. The van der Waals surface area contributed by atoms with Crippen LogP contribution in [0.5, 0.6) is 0 Å². The van der Waals surface area contributed by atoms with Crippen molar-refractivity contribution in [1.29, 1.82) is 0 Å². The number of fused-ring (bicyclic) bond motifs is 2. The summed E-state index contributed by atoms with van der Waals surface area (Å²) >= 11 is 0. The first-order chi connectivity index (χ1) is 13.6. The summed E-state index contributed by atoms with van der Waals surface area (Å²) in [5.41, 5.74) is 3.32. The fourth-order valence-electron chi connectivity index (χ4n) is 4.52. The average molecular weight is 448 g/mol. The predicted molar refractivity (Wildman–Crippen MR) is 124 cm³/mol. The summed E-state index contributed by atoms with van der Waals surface area (Å²) in [6.45, 7) is 7.86. The number of benzene rings is 1. The van der Waals surface area contributed by atoms with Crippen molar-refractivity contribution in [2.45, 2.75) is 19.9 Å². The Kier molecular flexibility index (Phi) is 6.70. The van der Waals surface area contributed by atoms with Gasteiger partial charge in [-0.25, -0.2) is 9.67 Å². The van der Waals surface area contributed by atoms with Gasteiger partial charge in [0, 0.05) is 37.8 Å². The molecule has 5 rings (SSSR count). The second-order valence-electron chi connectivity index (χ2n) is 8.23. The number of hydrogen-bond acceptors (Lipinski definition) is 4. The maximum Gasteiger partial charge on any atom is 0.254 e. The summed E-state index contributed by atoms with van der Waals surface area (Å²) in [6, 6.07) is 12.2. The molecule has 8 heteroatoms. The van der Waals surface area contributed by atoms with E-state index in [9.17, 15) is 4.79 Å². The normalized spacial score (nSPS) is 20.2. The Labute approximate surface area is 188 Å². The number of likely N-dealkylation sites (tertiary alicyclic amines) is 1. The lowest BCUT2D eigenvalue weighted by molar-refractivity contribution is 0.0783. The van der Waals surface area contributed by atoms with Gasteiger partial charge in [-0.3, -0.25) is 4.79 Å². The molecule has 0 radical (unpaired) electrons. The van der Waals surface area contributed by atoms with Crippen LogP contribution in [0.25, 0.3) is 22.3 Å². The molecule has 30 heavy (non-hydrogen) atoms. The highest BCUT2D eigenvalue weighted by Crippen LogP contribution is 2.31. The first-order valence-corrected chi connectivity index (χ1v) is 10.1. The van der Waals surface area contributed by atoms with E-state index < -0.39 is 0 Å². The Balaban J connectivity index is 0.00000128. The van der Waals surface area contributed by atoms with Crippen molar-refractivity contribution in [2.24, 2.45) is 11.8 Å². The van der Waals surface area contributed by atoms with Crippen LogP contribution in [0, 0.1) is 11.8 Å². The lowest BCUT2D eigenvalue weighted by Crippen LogP contribution is -2.32. The molecule has 1 N–H and O–H groups in total. The summed E-state index contributed by atoms with van der Waals surface area (Å²) in [5.74, 6) is 1.25. The first kappa shape index (κ1) is 22.5. The number of halogens is 2. The molecule has 0 bridgehead atoms. The Morgan fingerprint density at radius 3 is 2.40 bits per heavy atom. The lowest BCUT2D eigenvalue weighted by atomic mass is 10.0. The maximum absolute atomic E-state index is 13.5. The number of nitrogens with zero attached hydrogens (tertiary/aromatic N) is 4. The van der Waals surface area contributed by atoms with Crippen LogP contribution in [0.4, 0.5) is 0 Å². The van der Waals surface area contributed by atoms with Crippen molar-refractivity contribution in [2.75, 3.05) is 26.2 Å². The molecule has 0 spiro atoms. The number of amides is 1. The van der Waals surface area contributed by atoms with Crippen LogP contribution in [0.15, 0.2) is 42.6 Å². The number of pyridine rings is 1. The molecule has 0 unspecified atom stereocenters. The molecule has 2 aliphatic rings. The summed E-state index contributed by atoms with van der Waals surface area (Å²) in [6.07, 6.45) is 1.79. The Morgan fingerprint density at radius 2 is 1.77 bits per heavy atom. The largest absolute Gasteiger partial charge is 0.338 e. The van der Waals surface area contributed by atoms with Crippen molar-refractivity contribution in [3.8, 4) is 11.3 Å². The Hall–Kier alpha value is -2.15. The van der Waals surface area contributed by atoms with Gasteiger partial charge >= 0.3 is 0 Å². The van der Waals surface area contributed by atoms with Crippen molar-refractivity contribution < 1.29 is 4.79 Å². The summed E-state index contributed by atoms with van der Waals surface area (Å²) < 4.78 is 1.90. The van der Waals surface area contributed by atoms with Gasteiger partial charge in [-0.15, -0.1) is 24.8 Å². The fraction of sp³-hybridized carbons (Fsp3) is 0.409. The second-order valence-corrected chi connectivity index (χ2v) is 8.23. The third-order valence-corrected chi connectivity index (χ3v) is 6.03. The Morgan fingerprint density at radius 1 is 1.10 bits per heavy atom. The molecule has 6 nitrogen and oxygen atoms in total. The monoisotopic (exact) mass is 447 g/mol. The van der Waals surface area contributed by atoms with Crippen molar-refractivity contribution in [1.82, 2.24) is 25.0 Å². The van der Waals surface area contributed by atoms with Crippen molar-refractivity contribution in [3.05, 3.63) is 48.2 Å². The van der Waals surface area contributed by atoms with Crippen molar-refractivity contribution in [3.63, 3.8) is 0 Å². The van der Waals surface area contributed by atoms with Crippen LogP contribution in [0.3, 0.4) is 0 Å². The second kappa shape index (κ2) is 8.92. The van der Waals surface area contributed by atoms with Gasteiger partial charge in [-0.1, -0.05) is 30.3 Å². The average Bonchev–Trinajstić information content (AvgIpc) is 3.41. The molecule has 1 amide bonds. The highest BCUT2D eigenvalue weighted by molar-refractivity contribution is 6.06. The van der Waals surface area contributed by atoms with Crippen LogP contribution >= 0.6 is 24.8 Å². The molecule has 2 atom stereocenters. The minimum Gasteiger partial charge on any atom is -0.338 e. The summed E-state index contributed by atoms with van der Waals surface area (Å²) in [5, 5.41) is 8.81. The van der Waals surface area contributed by atoms with Crippen molar-refractivity contribution >= 4 is 41.8 Å². The van der Waals surface area contributed by atoms with Gasteiger partial charge in [0.2, 0.25) is 0 Å². The summed E-state index contributed by atoms with van der Waals surface area (Å²) in [4.78, 5) is 20.4. The summed E-state index contributed by atoms with van der Waals surface area (Å²) in [7, 11) is 0. The van der Waals surface area contributed by atoms with Gasteiger partial charge in [0.05, 0.1) is 22.8 Å².